The van der Waals surface area contributed by atoms with E-state index in [-0.39, 0.29) is 10.6 Å². The molecule has 8 nitrogen and oxygen atoms in total. The lowest BCUT2D eigenvalue weighted by atomic mass is 10.2. The lowest BCUT2D eigenvalue weighted by Crippen LogP contribution is -2.41. The van der Waals surface area contributed by atoms with Gasteiger partial charge in [0.05, 0.1) is 38.0 Å². The predicted octanol–water partition coefficient (Wildman–Crippen LogP) is 2.02. The molecular weight excluding hydrogens is 372 g/mol. The Hall–Kier alpha value is -2.78. The van der Waals surface area contributed by atoms with Crippen LogP contribution >= 0.6 is 0 Å². The highest BCUT2D eigenvalue weighted by atomic mass is 32.2. The van der Waals surface area contributed by atoms with E-state index in [1.54, 1.807) is 24.3 Å². The molecule has 0 bridgehead atoms. The summed E-state index contributed by atoms with van der Waals surface area (Å²) in [4.78, 5) is 12.3. The second-order valence-electron chi connectivity index (χ2n) is 5.55. The van der Waals surface area contributed by atoms with Gasteiger partial charge in [0.15, 0.2) is 11.5 Å². The molecule has 0 aliphatic heterocycles. The smallest absolute Gasteiger partial charge is 0.242 e. The fourth-order valence-corrected chi connectivity index (χ4v) is 3.54. The van der Waals surface area contributed by atoms with Crippen molar-refractivity contribution in [3.8, 4) is 17.2 Å². The van der Waals surface area contributed by atoms with Crippen molar-refractivity contribution in [2.45, 2.75) is 17.9 Å². The molecule has 0 radical (unpaired) electrons. The lowest BCUT2D eigenvalue weighted by molar-refractivity contribution is -0.117. The summed E-state index contributed by atoms with van der Waals surface area (Å²) in [6.07, 6.45) is 0. The molecule has 0 fully saturated rings. The van der Waals surface area contributed by atoms with Crippen LogP contribution in [0.5, 0.6) is 17.2 Å². The molecule has 0 heterocycles. The zero-order valence-electron chi connectivity index (χ0n) is 15.5. The summed E-state index contributed by atoms with van der Waals surface area (Å²) < 4.78 is 42.9. The van der Waals surface area contributed by atoms with Gasteiger partial charge in [-0.3, -0.25) is 4.79 Å². The largest absolute Gasteiger partial charge is 0.495 e. The molecule has 2 aromatic rings. The number of carbonyl (C=O) groups is 1. The highest BCUT2D eigenvalue weighted by molar-refractivity contribution is 7.89. The molecule has 2 rings (SSSR count). The van der Waals surface area contributed by atoms with Crippen molar-refractivity contribution >= 4 is 21.6 Å². The van der Waals surface area contributed by atoms with Crippen LogP contribution in [0.15, 0.2) is 47.4 Å². The molecule has 2 N–H and O–H groups in total. The number of sulfonamides is 1. The first-order valence-electron chi connectivity index (χ1n) is 8.00. The van der Waals surface area contributed by atoms with Crippen molar-refractivity contribution in [2.24, 2.45) is 0 Å². The van der Waals surface area contributed by atoms with Crippen LogP contribution < -0.4 is 24.2 Å². The number of rotatable bonds is 8. The molecule has 0 spiro atoms. The summed E-state index contributed by atoms with van der Waals surface area (Å²) in [6, 6.07) is 10.00. The maximum atomic E-state index is 12.6. The maximum absolute atomic E-state index is 12.6. The fraction of sp³-hybridized carbons (Fsp3) is 0.278. The Kier molecular flexibility index (Phi) is 6.65. The molecule has 0 unspecified atom stereocenters. The van der Waals surface area contributed by atoms with Gasteiger partial charge in [-0.15, -0.1) is 0 Å². The summed E-state index contributed by atoms with van der Waals surface area (Å²) in [7, 11) is 0.393. The molecular formula is C18H22N2O6S. The van der Waals surface area contributed by atoms with Crippen molar-refractivity contribution in [1.29, 1.82) is 0 Å². The zero-order chi connectivity index (χ0) is 20.0. The quantitative estimate of drug-likeness (QED) is 0.710. The number of hydrogen-bond acceptors (Lipinski definition) is 6. The number of hydrogen-bond donors (Lipinski definition) is 2. The van der Waals surface area contributed by atoms with Gasteiger partial charge in [-0.05, 0) is 31.2 Å². The van der Waals surface area contributed by atoms with Crippen LogP contribution in [0, 0.1) is 0 Å². The average Bonchev–Trinajstić information content (AvgIpc) is 2.67. The van der Waals surface area contributed by atoms with Gasteiger partial charge >= 0.3 is 0 Å². The van der Waals surface area contributed by atoms with Crippen LogP contribution in [0.4, 0.5) is 5.69 Å². The van der Waals surface area contributed by atoms with E-state index in [4.69, 9.17) is 14.2 Å². The second-order valence-corrected chi connectivity index (χ2v) is 7.26. The SMILES string of the molecule is COc1ccccc1NC(=O)[C@H](C)NS(=O)(=O)c1ccc(OC)c(OC)c1. The molecule has 2 aromatic carbocycles. The third-order valence-electron chi connectivity index (χ3n) is 3.76. The number of amides is 1. The first-order chi connectivity index (χ1) is 12.8. The van der Waals surface area contributed by atoms with Crippen LogP contribution in [0.2, 0.25) is 0 Å². The summed E-state index contributed by atoms with van der Waals surface area (Å²) in [5.41, 5.74) is 0.446. The average molecular weight is 394 g/mol. The Balaban J connectivity index is 2.16. The van der Waals surface area contributed by atoms with Gasteiger partial charge in [0, 0.05) is 6.07 Å². The van der Waals surface area contributed by atoms with Crippen LogP contribution in [-0.2, 0) is 14.8 Å². The second kappa shape index (κ2) is 8.74. The molecule has 1 amide bonds. The van der Waals surface area contributed by atoms with Crippen molar-refractivity contribution in [3.63, 3.8) is 0 Å². The normalized spacial score (nSPS) is 12.1. The van der Waals surface area contributed by atoms with Crippen LogP contribution in [0.1, 0.15) is 6.92 Å². The Morgan fingerprint density at radius 2 is 1.56 bits per heavy atom. The number of nitrogens with one attached hydrogen (secondary N) is 2. The third kappa shape index (κ3) is 4.89. The Morgan fingerprint density at radius 3 is 2.19 bits per heavy atom. The lowest BCUT2D eigenvalue weighted by Gasteiger charge is -2.16. The summed E-state index contributed by atoms with van der Waals surface area (Å²) in [5, 5.41) is 2.64. The number of carbonyl (C=O) groups excluding carboxylic acids is 1. The summed E-state index contributed by atoms with van der Waals surface area (Å²) in [5.74, 6) is 0.620. The molecule has 0 aromatic heterocycles. The number of benzene rings is 2. The van der Waals surface area contributed by atoms with Gasteiger partial charge in [0.1, 0.15) is 5.75 Å². The first kappa shape index (κ1) is 20.5. The topological polar surface area (TPSA) is 103 Å². The monoisotopic (exact) mass is 394 g/mol. The minimum atomic E-state index is -3.95. The minimum Gasteiger partial charge on any atom is -0.495 e. The molecule has 0 aliphatic rings. The predicted molar refractivity (Wildman–Crippen MR) is 101 cm³/mol. The van der Waals surface area contributed by atoms with Crippen LogP contribution in [0.25, 0.3) is 0 Å². The van der Waals surface area contributed by atoms with Crippen LogP contribution in [0.3, 0.4) is 0 Å². The van der Waals surface area contributed by atoms with Gasteiger partial charge in [0.25, 0.3) is 0 Å². The molecule has 0 saturated heterocycles. The van der Waals surface area contributed by atoms with Gasteiger partial charge in [-0.1, -0.05) is 12.1 Å². The Morgan fingerprint density at radius 1 is 0.926 bits per heavy atom. The first-order valence-corrected chi connectivity index (χ1v) is 9.49. The van der Waals surface area contributed by atoms with Crippen molar-refractivity contribution < 1.29 is 27.4 Å². The molecule has 146 valence electrons. The van der Waals surface area contributed by atoms with E-state index in [2.05, 4.69) is 10.0 Å². The number of anilines is 1. The number of methoxy groups -OCH3 is 3. The van der Waals surface area contributed by atoms with Crippen molar-refractivity contribution in [2.75, 3.05) is 26.6 Å². The molecule has 1 atom stereocenters. The summed E-state index contributed by atoms with van der Waals surface area (Å²) >= 11 is 0. The Bertz CT molecular complexity index is 914. The standard InChI is InChI=1S/C18H22N2O6S/c1-12(18(21)19-14-7-5-6-8-15(14)24-2)20-27(22,23)13-9-10-16(25-3)17(11-13)26-4/h5-12,20H,1-4H3,(H,19,21)/t12-/m0/s1. The van der Waals surface area contributed by atoms with E-state index >= 15 is 0 Å². The van der Waals surface area contributed by atoms with Gasteiger partial charge in [0.2, 0.25) is 15.9 Å². The van der Waals surface area contributed by atoms with E-state index in [0.717, 1.165) is 0 Å². The third-order valence-corrected chi connectivity index (χ3v) is 5.29. The fourth-order valence-electron chi connectivity index (χ4n) is 2.33. The summed E-state index contributed by atoms with van der Waals surface area (Å²) in [6.45, 7) is 1.45. The van der Waals surface area contributed by atoms with E-state index in [1.807, 2.05) is 0 Å². The van der Waals surface area contributed by atoms with Gasteiger partial charge in [-0.25, -0.2) is 8.42 Å². The van der Waals surface area contributed by atoms with Gasteiger partial charge in [-0.2, -0.15) is 4.72 Å². The molecule has 0 aliphatic carbocycles. The van der Waals surface area contributed by atoms with E-state index in [9.17, 15) is 13.2 Å². The van der Waals surface area contributed by atoms with E-state index < -0.39 is 22.0 Å². The minimum absolute atomic E-state index is 0.0444. The number of ether oxygens (including phenoxy) is 3. The highest BCUT2D eigenvalue weighted by Crippen LogP contribution is 2.29. The highest BCUT2D eigenvalue weighted by Gasteiger charge is 2.24. The molecule has 0 saturated carbocycles. The van der Waals surface area contributed by atoms with Crippen molar-refractivity contribution in [3.05, 3.63) is 42.5 Å². The molecule has 9 heteroatoms. The molecule has 27 heavy (non-hydrogen) atoms. The van der Waals surface area contributed by atoms with Crippen molar-refractivity contribution in [1.82, 2.24) is 4.72 Å². The maximum Gasteiger partial charge on any atom is 0.242 e. The van der Waals surface area contributed by atoms with Gasteiger partial charge < -0.3 is 19.5 Å². The van der Waals surface area contributed by atoms with E-state index in [0.29, 0.717) is 17.2 Å². The van der Waals surface area contributed by atoms with E-state index in [1.165, 1.54) is 46.5 Å². The zero-order valence-corrected chi connectivity index (χ0v) is 16.3. The Labute approximate surface area is 158 Å². The van der Waals surface area contributed by atoms with Crippen LogP contribution in [-0.4, -0.2) is 41.7 Å². The number of para-hydroxylation sites is 2.